The van der Waals surface area contributed by atoms with Crippen LogP contribution >= 0.6 is 0 Å². The minimum atomic E-state index is -0.554. The topological polar surface area (TPSA) is 61.8 Å². The molecule has 2 rings (SSSR count). The van der Waals surface area contributed by atoms with Crippen molar-refractivity contribution < 1.29 is 23.6 Å². The molecule has 1 aromatic carbocycles. The molecule has 1 aliphatic rings. The monoisotopic (exact) mass is 318 g/mol. The highest BCUT2D eigenvalue weighted by atomic mass is 16.7. The second-order valence-corrected chi connectivity index (χ2v) is 6.80. The smallest absolute Gasteiger partial charge is 0.466 e. The van der Waals surface area contributed by atoms with Gasteiger partial charge in [-0.3, -0.25) is 9.59 Å². The van der Waals surface area contributed by atoms with Gasteiger partial charge in [-0.15, -0.1) is 0 Å². The number of esters is 1. The van der Waals surface area contributed by atoms with Crippen molar-refractivity contribution in [2.45, 2.75) is 51.1 Å². The van der Waals surface area contributed by atoms with Crippen molar-refractivity contribution in [2.75, 3.05) is 7.11 Å². The van der Waals surface area contributed by atoms with Gasteiger partial charge in [0.2, 0.25) is 0 Å². The van der Waals surface area contributed by atoms with Crippen LogP contribution in [0.4, 0.5) is 0 Å². The lowest BCUT2D eigenvalue weighted by molar-refractivity contribution is -0.140. The molecule has 0 saturated carbocycles. The van der Waals surface area contributed by atoms with Crippen LogP contribution in [0.5, 0.6) is 0 Å². The molecule has 0 aromatic heterocycles. The number of hydrogen-bond acceptors (Lipinski definition) is 5. The van der Waals surface area contributed by atoms with E-state index in [2.05, 4.69) is 0 Å². The van der Waals surface area contributed by atoms with Crippen molar-refractivity contribution in [1.82, 2.24) is 0 Å². The Morgan fingerprint density at radius 2 is 1.70 bits per heavy atom. The molecule has 0 aliphatic carbocycles. The molecule has 0 spiro atoms. The zero-order chi connectivity index (χ0) is 17.3. The summed E-state index contributed by atoms with van der Waals surface area (Å²) >= 11 is 0. The average molecular weight is 318 g/mol. The summed E-state index contributed by atoms with van der Waals surface area (Å²) in [5.41, 5.74) is 0.503. The quantitative estimate of drug-likeness (QED) is 0.474. The fourth-order valence-corrected chi connectivity index (χ4v) is 2.51. The van der Waals surface area contributed by atoms with Crippen LogP contribution in [0.15, 0.2) is 24.3 Å². The number of carbonyl (C=O) groups is 2. The molecule has 1 aromatic rings. The second kappa shape index (κ2) is 6.45. The molecule has 0 N–H and O–H groups in total. The predicted molar refractivity (Wildman–Crippen MR) is 87.3 cm³/mol. The zero-order valence-electron chi connectivity index (χ0n) is 14.3. The van der Waals surface area contributed by atoms with Crippen LogP contribution in [0, 0.1) is 0 Å². The van der Waals surface area contributed by atoms with Crippen LogP contribution in [0.25, 0.3) is 0 Å². The molecule has 1 aliphatic heterocycles. The minimum Gasteiger partial charge on any atom is -0.469 e. The van der Waals surface area contributed by atoms with Gasteiger partial charge < -0.3 is 14.0 Å². The molecule has 0 radical (unpaired) electrons. The first kappa shape index (κ1) is 17.7. The van der Waals surface area contributed by atoms with E-state index in [1.165, 1.54) is 7.11 Å². The summed E-state index contributed by atoms with van der Waals surface area (Å²) in [6.07, 6.45) is 0.932. The summed E-state index contributed by atoms with van der Waals surface area (Å²) in [4.78, 5) is 22.6. The third kappa shape index (κ3) is 3.64. The number of carbonyl (C=O) groups excluding carboxylic acids is 2. The highest BCUT2D eigenvalue weighted by molar-refractivity contribution is 6.48. The lowest BCUT2D eigenvalue weighted by Gasteiger charge is -2.32. The van der Waals surface area contributed by atoms with Gasteiger partial charge >= 0.3 is 13.1 Å². The number of rotatable bonds is 5. The minimum absolute atomic E-state index is 0.147. The van der Waals surface area contributed by atoms with E-state index in [0.29, 0.717) is 5.56 Å². The number of benzene rings is 1. The van der Waals surface area contributed by atoms with Crippen molar-refractivity contribution in [3.63, 3.8) is 0 Å². The van der Waals surface area contributed by atoms with Gasteiger partial charge in [0.05, 0.1) is 24.7 Å². The van der Waals surface area contributed by atoms with E-state index in [1.54, 1.807) is 12.1 Å². The number of ether oxygens (including phenoxy) is 1. The average Bonchev–Trinajstić information content (AvgIpc) is 2.72. The first-order valence-electron chi connectivity index (χ1n) is 7.68. The molecular formula is C17H23BO5. The Balaban J connectivity index is 2.31. The largest absolute Gasteiger partial charge is 0.469 e. The van der Waals surface area contributed by atoms with Crippen molar-refractivity contribution in [2.24, 2.45) is 0 Å². The van der Waals surface area contributed by atoms with Crippen LogP contribution in [0.2, 0.25) is 0 Å². The molecule has 1 unspecified atom stereocenters. The summed E-state index contributed by atoms with van der Waals surface area (Å²) in [6, 6.07) is 7.08. The maximum atomic E-state index is 11.8. The Morgan fingerprint density at radius 1 is 1.17 bits per heavy atom. The molecular weight excluding hydrogens is 295 g/mol. The molecule has 0 bridgehead atoms. The van der Waals surface area contributed by atoms with Crippen LogP contribution < -0.4 is 0 Å². The van der Waals surface area contributed by atoms with E-state index in [4.69, 9.17) is 14.0 Å². The number of aldehydes is 1. The Labute approximate surface area is 137 Å². The van der Waals surface area contributed by atoms with E-state index in [-0.39, 0.29) is 18.2 Å². The van der Waals surface area contributed by atoms with Crippen LogP contribution in [0.3, 0.4) is 0 Å². The summed E-state index contributed by atoms with van der Waals surface area (Å²) in [6.45, 7) is 7.88. The van der Waals surface area contributed by atoms with Gasteiger partial charge in [-0.2, -0.15) is 0 Å². The van der Waals surface area contributed by atoms with Gasteiger partial charge in [0.25, 0.3) is 0 Å². The summed E-state index contributed by atoms with van der Waals surface area (Å²) in [5.74, 6) is -0.631. The van der Waals surface area contributed by atoms with E-state index in [1.807, 2.05) is 39.8 Å². The molecule has 23 heavy (non-hydrogen) atoms. The van der Waals surface area contributed by atoms with Crippen LogP contribution in [0.1, 0.15) is 55.9 Å². The van der Waals surface area contributed by atoms with Gasteiger partial charge in [0.15, 0.2) is 0 Å². The standard InChI is InChI=1S/C17H23BO5/c1-16(2)17(3,4)23-18(22-16)14(10-15(20)21-5)13-8-6-12(11-19)7-9-13/h6-9,11,14H,10H2,1-5H3. The Morgan fingerprint density at radius 3 is 2.13 bits per heavy atom. The van der Waals surface area contributed by atoms with Crippen molar-refractivity contribution >= 4 is 19.4 Å². The maximum absolute atomic E-state index is 11.8. The first-order chi connectivity index (χ1) is 10.7. The molecule has 1 atom stereocenters. The lowest BCUT2D eigenvalue weighted by atomic mass is 9.66. The van der Waals surface area contributed by atoms with E-state index >= 15 is 0 Å². The molecule has 1 fully saturated rings. The van der Waals surface area contributed by atoms with Gasteiger partial charge in [0.1, 0.15) is 6.29 Å². The van der Waals surface area contributed by atoms with Gasteiger partial charge in [-0.25, -0.2) is 0 Å². The normalized spacial score (nSPS) is 20.1. The van der Waals surface area contributed by atoms with E-state index in [0.717, 1.165) is 11.8 Å². The van der Waals surface area contributed by atoms with Gasteiger partial charge in [-0.05, 0) is 33.3 Å². The fourth-order valence-electron chi connectivity index (χ4n) is 2.51. The predicted octanol–water partition coefficient (Wildman–Crippen LogP) is 2.78. The fraction of sp³-hybridized carbons (Fsp3) is 0.529. The summed E-state index contributed by atoms with van der Waals surface area (Å²) in [7, 11) is 0.806. The van der Waals surface area contributed by atoms with Crippen LogP contribution in [-0.4, -0.2) is 37.7 Å². The van der Waals surface area contributed by atoms with Crippen molar-refractivity contribution in [3.8, 4) is 0 Å². The zero-order valence-corrected chi connectivity index (χ0v) is 14.3. The maximum Gasteiger partial charge on any atom is 0.466 e. The molecule has 0 amide bonds. The second-order valence-electron chi connectivity index (χ2n) is 6.80. The molecule has 5 nitrogen and oxygen atoms in total. The Hall–Kier alpha value is -1.66. The molecule has 124 valence electrons. The number of hydrogen-bond donors (Lipinski definition) is 0. The van der Waals surface area contributed by atoms with E-state index < -0.39 is 18.3 Å². The summed E-state index contributed by atoms with van der Waals surface area (Å²) < 4.78 is 17.0. The first-order valence-corrected chi connectivity index (χ1v) is 7.68. The Bertz CT molecular complexity index is 563. The van der Waals surface area contributed by atoms with Crippen LogP contribution in [-0.2, 0) is 18.8 Å². The highest BCUT2D eigenvalue weighted by Crippen LogP contribution is 2.41. The van der Waals surface area contributed by atoms with Crippen molar-refractivity contribution in [3.05, 3.63) is 35.4 Å². The SMILES string of the molecule is COC(=O)CC(B1OC(C)(C)C(C)(C)O1)c1ccc(C=O)cc1. The molecule has 1 heterocycles. The summed E-state index contributed by atoms with van der Waals surface area (Å²) in [5, 5.41) is 0. The van der Waals surface area contributed by atoms with Gasteiger partial charge in [-0.1, -0.05) is 24.3 Å². The molecule has 6 heteroatoms. The molecule has 1 saturated heterocycles. The third-order valence-corrected chi connectivity index (χ3v) is 4.71. The number of methoxy groups -OCH3 is 1. The Kier molecular flexibility index (Phi) is 4.97. The highest BCUT2D eigenvalue weighted by Gasteiger charge is 2.54. The lowest BCUT2D eigenvalue weighted by Crippen LogP contribution is -2.41. The van der Waals surface area contributed by atoms with E-state index in [9.17, 15) is 9.59 Å². The van der Waals surface area contributed by atoms with Gasteiger partial charge in [0, 0.05) is 11.4 Å². The third-order valence-electron chi connectivity index (χ3n) is 4.71. The van der Waals surface area contributed by atoms with Crippen molar-refractivity contribution in [1.29, 1.82) is 0 Å².